The maximum Gasteiger partial charge on any atom is 0.295 e. The third-order valence-corrected chi connectivity index (χ3v) is 5.07. The Hall–Kier alpha value is -3.12. The number of rotatable bonds is 7. The number of nitrogens with zero attached hydrogens (tertiary/aromatic N) is 1. The molecule has 2 N–H and O–H groups in total. The SMILES string of the molecule is COc1cccc(C(O)=C2C(=O)C(=O)N(CCC[NH+](C)C)[C@@H]2c2ccccc2)c1. The molecule has 0 bridgehead atoms. The van der Waals surface area contributed by atoms with Gasteiger partial charge in [-0.15, -0.1) is 0 Å². The second kappa shape index (κ2) is 8.92. The van der Waals surface area contributed by atoms with E-state index in [2.05, 4.69) is 0 Å². The minimum Gasteiger partial charge on any atom is -0.507 e. The van der Waals surface area contributed by atoms with Crippen LogP contribution < -0.4 is 9.64 Å². The number of amides is 1. The van der Waals surface area contributed by atoms with Crippen molar-refractivity contribution in [2.45, 2.75) is 12.5 Å². The molecule has 1 aliphatic rings. The molecular formula is C23H27N2O4+. The quantitative estimate of drug-likeness (QED) is 0.425. The molecule has 1 amide bonds. The maximum absolute atomic E-state index is 12.9. The molecule has 3 rings (SSSR count). The minimum absolute atomic E-state index is 0.117. The van der Waals surface area contributed by atoms with Crippen molar-refractivity contribution in [3.05, 3.63) is 71.3 Å². The molecule has 0 spiro atoms. The van der Waals surface area contributed by atoms with Crippen LogP contribution in [0.1, 0.15) is 23.6 Å². The van der Waals surface area contributed by atoms with E-state index in [0.717, 1.165) is 18.5 Å². The van der Waals surface area contributed by atoms with Crippen molar-refractivity contribution in [1.29, 1.82) is 0 Å². The summed E-state index contributed by atoms with van der Waals surface area (Å²) in [4.78, 5) is 28.6. The van der Waals surface area contributed by atoms with Gasteiger partial charge >= 0.3 is 0 Å². The molecule has 1 heterocycles. The normalized spacial score (nSPS) is 18.5. The average Bonchev–Trinajstić information content (AvgIpc) is 2.98. The van der Waals surface area contributed by atoms with Gasteiger partial charge in [0.15, 0.2) is 0 Å². The van der Waals surface area contributed by atoms with Gasteiger partial charge in [0, 0.05) is 18.5 Å². The average molecular weight is 395 g/mol. The van der Waals surface area contributed by atoms with Crippen LogP contribution in [0.4, 0.5) is 0 Å². The summed E-state index contributed by atoms with van der Waals surface area (Å²) < 4.78 is 5.23. The molecule has 152 valence electrons. The summed E-state index contributed by atoms with van der Waals surface area (Å²) in [6.45, 7) is 1.32. The van der Waals surface area contributed by atoms with Crippen LogP contribution in [0.5, 0.6) is 5.75 Å². The summed E-state index contributed by atoms with van der Waals surface area (Å²) in [5, 5.41) is 11.0. The van der Waals surface area contributed by atoms with Crippen molar-refractivity contribution in [3.8, 4) is 5.75 Å². The maximum atomic E-state index is 12.9. The fourth-order valence-electron chi connectivity index (χ4n) is 3.62. The number of carbonyl (C=O) groups is 2. The molecule has 0 aromatic heterocycles. The zero-order valence-corrected chi connectivity index (χ0v) is 17.0. The first-order valence-electron chi connectivity index (χ1n) is 9.71. The Morgan fingerprint density at radius 3 is 2.48 bits per heavy atom. The Morgan fingerprint density at radius 2 is 1.83 bits per heavy atom. The molecule has 0 unspecified atom stereocenters. The van der Waals surface area contributed by atoms with Crippen molar-refractivity contribution in [2.24, 2.45) is 0 Å². The highest BCUT2D eigenvalue weighted by molar-refractivity contribution is 6.46. The van der Waals surface area contributed by atoms with E-state index in [1.165, 1.54) is 12.0 Å². The standard InChI is InChI=1S/C23H26N2O4/c1-24(2)13-8-14-25-20(16-9-5-4-6-10-16)19(22(27)23(25)28)21(26)17-11-7-12-18(15-17)29-3/h4-7,9-12,15,20,26H,8,13-14H2,1-3H3/p+1/t20-/m1/s1. The molecule has 2 aromatic carbocycles. The number of benzene rings is 2. The molecule has 6 nitrogen and oxygen atoms in total. The smallest absolute Gasteiger partial charge is 0.295 e. The Balaban J connectivity index is 2.07. The number of aliphatic hydroxyl groups excluding tert-OH is 1. The predicted octanol–water partition coefficient (Wildman–Crippen LogP) is 1.65. The second-order valence-corrected chi connectivity index (χ2v) is 7.45. The van der Waals surface area contributed by atoms with Gasteiger partial charge in [0.25, 0.3) is 11.7 Å². The van der Waals surface area contributed by atoms with Crippen LogP contribution in [0.2, 0.25) is 0 Å². The van der Waals surface area contributed by atoms with Crippen molar-refractivity contribution in [2.75, 3.05) is 34.3 Å². The lowest BCUT2D eigenvalue weighted by Crippen LogP contribution is -3.05. The Labute approximate surface area is 171 Å². The number of aliphatic hydroxyl groups is 1. The summed E-state index contributed by atoms with van der Waals surface area (Å²) in [5.74, 6) is -0.848. The van der Waals surface area contributed by atoms with E-state index >= 15 is 0 Å². The van der Waals surface area contributed by atoms with Gasteiger partial charge in [-0.25, -0.2) is 0 Å². The lowest BCUT2D eigenvalue weighted by atomic mass is 9.95. The number of carbonyl (C=O) groups excluding carboxylic acids is 2. The topological polar surface area (TPSA) is 71.3 Å². The van der Waals surface area contributed by atoms with Gasteiger partial charge < -0.3 is 19.6 Å². The van der Waals surface area contributed by atoms with Gasteiger partial charge in [-0.05, 0) is 17.7 Å². The Morgan fingerprint density at radius 1 is 1.10 bits per heavy atom. The molecule has 1 saturated heterocycles. The van der Waals surface area contributed by atoms with Crippen molar-refractivity contribution in [1.82, 2.24) is 4.90 Å². The summed E-state index contributed by atoms with van der Waals surface area (Å²) in [6.07, 6.45) is 0.762. The van der Waals surface area contributed by atoms with E-state index in [0.29, 0.717) is 17.9 Å². The molecule has 0 aliphatic carbocycles. The molecule has 0 radical (unpaired) electrons. The summed E-state index contributed by atoms with van der Waals surface area (Å²) in [7, 11) is 5.63. The molecule has 1 aliphatic heterocycles. The number of hydrogen-bond donors (Lipinski definition) is 2. The van der Waals surface area contributed by atoms with Crippen LogP contribution in [0.3, 0.4) is 0 Å². The largest absolute Gasteiger partial charge is 0.507 e. The van der Waals surface area contributed by atoms with E-state index in [9.17, 15) is 14.7 Å². The Bertz CT molecular complexity index is 921. The van der Waals surface area contributed by atoms with Crippen LogP contribution in [-0.4, -0.2) is 56.0 Å². The summed E-state index contributed by atoms with van der Waals surface area (Å²) in [6, 6.07) is 15.6. The number of quaternary nitrogens is 1. The highest BCUT2D eigenvalue weighted by atomic mass is 16.5. The van der Waals surface area contributed by atoms with Gasteiger partial charge in [-0.3, -0.25) is 9.59 Å². The lowest BCUT2D eigenvalue weighted by molar-refractivity contribution is -0.858. The van der Waals surface area contributed by atoms with Gasteiger partial charge in [0.1, 0.15) is 11.5 Å². The monoisotopic (exact) mass is 395 g/mol. The first-order chi connectivity index (χ1) is 13.9. The van der Waals surface area contributed by atoms with E-state index < -0.39 is 17.7 Å². The van der Waals surface area contributed by atoms with Gasteiger partial charge in [-0.1, -0.05) is 42.5 Å². The molecule has 6 heteroatoms. The van der Waals surface area contributed by atoms with E-state index in [1.807, 2.05) is 44.4 Å². The van der Waals surface area contributed by atoms with Crippen LogP contribution in [-0.2, 0) is 9.59 Å². The van der Waals surface area contributed by atoms with E-state index in [-0.39, 0.29) is 11.3 Å². The fraction of sp³-hybridized carbons (Fsp3) is 0.304. The fourth-order valence-corrected chi connectivity index (χ4v) is 3.62. The van der Waals surface area contributed by atoms with E-state index in [4.69, 9.17) is 4.74 Å². The van der Waals surface area contributed by atoms with Crippen molar-refractivity contribution >= 4 is 17.4 Å². The third kappa shape index (κ3) is 4.32. The number of likely N-dealkylation sites (tertiary alicyclic amines) is 1. The molecule has 1 atom stereocenters. The second-order valence-electron chi connectivity index (χ2n) is 7.45. The predicted molar refractivity (Wildman–Crippen MR) is 111 cm³/mol. The molecule has 2 aromatic rings. The van der Waals surface area contributed by atoms with E-state index in [1.54, 1.807) is 29.2 Å². The van der Waals surface area contributed by atoms with Gasteiger partial charge in [-0.2, -0.15) is 0 Å². The summed E-state index contributed by atoms with van der Waals surface area (Å²) in [5.41, 5.74) is 1.36. The number of ketones is 1. The number of Topliss-reactive ketones (excluding diaryl/α,β-unsaturated/α-hetero) is 1. The molecular weight excluding hydrogens is 368 g/mol. The number of hydrogen-bond acceptors (Lipinski definition) is 4. The first kappa shape index (κ1) is 20.6. The van der Waals surface area contributed by atoms with Gasteiger partial charge in [0.05, 0.1) is 39.4 Å². The van der Waals surface area contributed by atoms with Crippen molar-refractivity contribution in [3.63, 3.8) is 0 Å². The number of ether oxygens (including phenoxy) is 1. The van der Waals surface area contributed by atoms with Crippen LogP contribution in [0, 0.1) is 0 Å². The molecule has 0 saturated carbocycles. The van der Waals surface area contributed by atoms with Crippen LogP contribution in [0.25, 0.3) is 5.76 Å². The first-order valence-corrected chi connectivity index (χ1v) is 9.71. The highest BCUT2D eigenvalue weighted by Crippen LogP contribution is 2.39. The Kier molecular flexibility index (Phi) is 6.34. The van der Waals surface area contributed by atoms with Crippen LogP contribution in [0.15, 0.2) is 60.2 Å². The van der Waals surface area contributed by atoms with Crippen LogP contribution >= 0.6 is 0 Å². The van der Waals surface area contributed by atoms with Gasteiger partial charge in [0.2, 0.25) is 0 Å². The minimum atomic E-state index is -0.656. The lowest BCUT2D eigenvalue weighted by Gasteiger charge is -2.25. The number of methoxy groups -OCH3 is 1. The van der Waals surface area contributed by atoms with Crippen molar-refractivity contribution < 1.29 is 24.3 Å². The molecule has 1 fully saturated rings. The molecule has 29 heavy (non-hydrogen) atoms. The summed E-state index contributed by atoms with van der Waals surface area (Å²) >= 11 is 0. The zero-order chi connectivity index (χ0) is 21.0. The third-order valence-electron chi connectivity index (χ3n) is 5.07. The number of nitrogens with one attached hydrogen (secondary N) is 1. The zero-order valence-electron chi connectivity index (χ0n) is 17.0. The highest BCUT2D eigenvalue weighted by Gasteiger charge is 2.45.